The molecular formula is C7H11ClO4S. The summed E-state index contributed by atoms with van der Waals surface area (Å²) in [6, 6.07) is 0. The number of thiol groups is 1. The van der Waals surface area contributed by atoms with Crippen LogP contribution in [0.5, 0.6) is 0 Å². The summed E-state index contributed by atoms with van der Waals surface area (Å²) in [6.45, 7) is 3.47. The fourth-order valence-electron chi connectivity index (χ4n) is 0.444. The zero-order chi connectivity index (χ0) is 9.40. The first-order valence-electron chi connectivity index (χ1n) is 3.31. The second-order valence-electron chi connectivity index (χ2n) is 1.87. The van der Waals surface area contributed by atoms with Gasteiger partial charge in [-0.3, -0.25) is 0 Å². The van der Waals surface area contributed by atoms with E-state index in [1.54, 1.807) is 0 Å². The van der Waals surface area contributed by atoms with E-state index < -0.39 is 11.9 Å². The van der Waals surface area contributed by atoms with Crippen molar-refractivity contribution in [3.8, 4) is 0 Å². The molecule has 1 N–H and O–H groups in total. The lowest BCUT2D eigenvalue weighted by Gasteiger charge is -1.95. The summed E-state index contributed by atoms with van der Waals surface area (Å²) in [5.74, 6) is -0.676. The molecule has 0 atom stereocenters. The van der Waals surface area contributed by atoms with Gasteiger partial charge in [0.25, 0.3) is 0 Å². The van der Waals surface area contributed by atoms with Crippen LogP contribution in [0.15, 0.2) is 12.7 Å². The Kier molecular flexibility index (Phi) is 10.7. The number of hydrogen-bond donors (Lipinski definition) is 1. The molecule has 0 saturated heterocycles. The van der Waals surface area contributed by atoms with Gasteiger partial charge in [-0.1, -0.05) is 6.58 Å². The zero-order valence-corrected chi connectivity index (χ0v) is 8.55. The minimum absolute atomic E-state index is 0. The molecule has 0 aromatic heterocycles. The molecule has 0 fully saturated rings. The summed E-state index contributed by atoms with van der Waals surface area (Å²) >= 11 is 0.753. The molecule has 6 heteroatoms. The van der Waals surface area contributed by atoms with Gasteiger partial charge in [0.2, 0.25) is 5.75 Å². The quantitative estimate of drug-likeness (QED) is 0.169. The number of aliphatic carboxylic acids is 1. The topological polar surface area (TPSA) is 63.6 Å². The molecule has 0 rings (SSSR count). The summed E-state index contributed by atoms with van der Waals surface area (Å²) in [5.41, 5.74) is 0. The van der Waals surface area contributed by atoms with Crippen LogP contribution in [0, 0.1) is 0 Å². The van der Waals surface area contributed by atoms with Crippen molar-refractivity contribution in [1.29, 1.82) is 0 Å². The van der Waals surface area contributed by atoms with Gasteiger partial charge in [0.15, 0.2) is 0 Å². The molecule has 13 heavy (non-hydrogen) atoms. The smallest absolute Gasteiger partial charge is 0.353 e. The fourth-order valence-corrected chi connectivity index (χ4v) is 1.01. The number of carbonyl (C=O) groups is 2. The van der Waals surface area contributed by atoms with E-state index in [1.807, 2.05) is 0 Å². The number of esters is 1. The van der Waals surface area contributed by atoms with E-state index in [4.69, 9.17) is 5.11 Å². The van der Waals surface area contributed by atoms with Gasteiger partial charge in [0.05, 0.1) is 0 Å². The lowest BCUT2D eigenvalue weighted by molar-refractivity contribution is -0.137. The minimum Gasteiger partial charge on any atom is -1.00 e. The first-order valence-corrected chi connectivity index (χ1v) is 4.57. The number of carboxylic acids is 1. The van der Waals surface area contributed by atoms with Crippen molar-refractivity contribution in [2.75, 3.05) is 18.1 Å². The molecule has 76 valence electrons. The number of carboxylic acid groups (broad SMARTS) is 1. The summed E-state index contributed by atoms with van der Waals surface area (Å²) in [5, 5.41) is 8.24. The van der Waals surface area contributed by atoms with Crippen molar-refractivity contribution >= 4 is 23.7 Å². The highest BCUT2D eigenvalue weighted by Gasteiger charge is 2.04. The van der Waals surface area contributed by atoms with Gasteiger partial charge in [-0.25, -0.2) is 9.59 Å². The normalized spacial score (nSPS) is 8.31. The van der Waals surface area contributed by atoms with Crippen molar-refractivity contribution < 1.29 is 31.8 Å². The van der Waals surface area contributed by atoms with E-state index in [9.17, 15) is 9.59 Å². The van der Waals surface area contributed by atoms with E-state index in [0.29, 0.717) is 5.75 Å². The highest BCUT2D eigenvalue weighted by molar-refractivity contribution is 7.79. The van der Waals surface area contributed by atoms with Crippen LogP contribution in [-0.4, -0.2) is 35.2 Å². The van der Waals surface area contributed by atoms with Crippen LogP contribution in [0.25, 0.3) is 0 Å². The summed E-state index contributed by atoms with van der Waals surface area (Å²) in [4.78, 5) is 20.5. The van der Waals surface area contributed by atoms with Crippen LogP contribution < -0.4 is 12.4 Å². The average Bonchev–Trinajstić information content (AvgIpc) is 2.03. The number of carbonyl (C=O) groups excluding carboxylic acids is 1. The van der Waals surface area contributed by atoms with Crippen LogP contribution in [0.1, 0.15) is 0 Å². The van der Waals surface area contributed by atoms with Gasteiger partial charge in [-0.2, -0.15) is 0 Å². The summed E-state index contributed by atoms with van der Waals surface area (Å²) in [7, 11) is 0. The Balaban J connectivity index is 0. The molecule has 0 amide bonds. The van der Waals surface area contributed by atoms with Crippen molar-refractivity contribution in [1.82, 2.24) is 0 Å². The van der Waals surface area contributed by atoms with Crippen molar-refractivity contribution in [2.45, 2.75) is 0 Å². The molecule has 0 aliphatic heterocycles. The molecule has 0 aliphatic rings. The predicted molar refractivity (Wildman–Crippen MR) is 47.3 cm³/mol. The molecule has 4 nitrogen and oxygen atoms in total. The van der Waals surface area contributed by atoms with Crippen LogP contribution in [0.2, 0.25) is 0 Å². The molecule has 0 heterocycles. The average molecular weight is 227 g/mol. The Hall–Kier alpha value is -0.680. The molecule has 0 aromatic carbocycles. The standard InChI is InChI=1S/C7H10O4S.ClH/c1-2-7(10)11-3-4-12-5-6(8)9;/h2H,1,3-5H2,(H,8,9);1H. The van der Waals surface area contributed by atoms with Crippen LogP contribution in [-0.2, 0) is 26.1 Å². The maximum atomic E-state index is 10.4. The lowest BCUT2D eigenvalue weighted by Crippen LogP contribution is -3.00. The largest absolute Gasteiger partial charge is 1.00 e. The lowest BCUT2D eigenvalue weighted by atomic mass is 10.6. The Bertz CT molecular complexity index is 183. The Morgan fingerprint density at radius 1 is 1.54 bits per heavy atom. The van der Waals surface area contributed by atoms with E-state index in [1.165, 1.54) is 0 Å². The molecule has 0 spiro atoms. The third kappa shape index (κ3) is 11.3. The minimum atomic E-state index is -0.841. The monoisotopic (exact) mass is 226 g/mol. The predicted octanol–water partition coefficient (Wildman–Crippen LogP) is -3.38. The first-order chi connectivity index (χ1) is 5.66. The highest BCUT2D eigenvalue weighted by atomic mass is 35.5. The number of hydrogen-bond acceptors (Lipinski definition) is 3. The SMILES string of the molecule is C=CC(=O)OCC[SH+]CC(=O)O.[Cl-]. The van der Waals surface area contributed by atoms with E-state index in [0.717, 1.165) is 17.8 Å². The Labute approximate surface area is 86.7 Å². The zero-order valence-electron chi connectivity index (χ0n) is 6.90. The molecule has 0 unspecified atom stereocenters. The van der Waals surface area contributed by atoms with Gasteiger partial charge < -0.3 is 22.3 Å². The molecular weight excluding hydrogens is 216 g/mol. The third-order valence-corrected chi connectivity index (χ3v) is 1.90. The van der Waals surface area contributed by atoms with Gasteiger partial charge in [0, 0.05) is 6.08 Å². The Morgan fingerprint density at radius 2 is 2.15 bits per heavy atom. The summed E-state index contributed by atoms with van der Waals surface area (Å²) < 4.78 is 4.62. The van der Waals surface area contributed by atoms with Crippen LogP contribution >= 0.6 is 0 Å². The fraction of sp³-hybridized carbons (Fsp3) is 0.429. The number of ether oxygens (including phenoxy) is 1. The number of halogens is 1. The second kappa shape index (κ2) is 9.41. The molecule has 0 bridgehead atoms. The van der Waals surface area contributed by atoms with Crippen LogP contribution in [0.3, 0.4) is 0 Å². The first kappa shape index (κ1) is 14.8. The van der Waals surface area contributed by atoms with Crippen molar-refractivity contribution in [3.63, 3.8) is 0 Å². The second-order valence-corrected chi connectivity index (χ2v) is 3.08. The third-order valence-electron chi connectivity index (χ3n) is 0.907. The molecule has 0 aromatic rings. The van der Waals surface area contributed by atoms with E-state index in [-0.39, 0.29) is 24.8 Å². The van der Waals surface area contributed by atoms with Crippen LogP contribution in [0.4, 0.5) is 0 Å². The van der Waals surface area contributed by atoms with Gasteiger partial charge in [-0.05, 0) is 11.8 Å². The van der Waals surface area contributed by atoms with Gasteiger partial charge in [-0.15, -0.1) is 0 Å². The maximum absolute atomic E-state index is 10.4. The van der Waals surface area contributed by atoms with E-state index in [2.05, 4.69) is 11.3 Å². The molecule has 0 radical (unpaired) electrons. The van der Waals surface area contributed by atoms with Crippen molar-refractivity contribution in [3.05, 3.63) is 12.7 Å². The Morgan fingerprint density at radius 3 is 2.62 bits per heavy atom. The highest BCUT2D eigenvalue weighted by Crippen LogP contribution is 1.81. The summed E-state index contributed by atoms with van der Waals surface area (Å²) in [6.07, 6.45) is 1.08. The molecule has 0 aliphatic carbocycles. The molecule has 0 saturated carbocycles. The van der Waals surface area contributed by atoms with Gasteiger partial charge >= 0.3 is 11.9 Å². The number of rotatable bonds is 6. The maximum Gasteiger partial charge on any atom is 0.353 e. The van der Waals surface area contributed by atoms with Crippen molar-refractivity contribution in [2.24, 2.45) is 0 Å². The van der Waals surface area contributed by atoms with E-state index >= 15 is 0 Å². The van der Waals surface area contributed by atoms with Gasteiger partial charge in [0.1, 0.15) is 12.4 Å².